The molecule has 0 radical (unpaired) electrons. The fraction of sp³-hybridized carbons (Fsp3) is 0.200. The highest BCUT2D eigenvalue weighted by atomic mass is 19.1. The lowest BCUT2D eigenvalue weighted by atomic mass is 9.97. The molecule has 3 heteroatoms. The Kier molecular flexibility index (Phi) is 3.72. The van der Waals surface area contributed by atoms with E-state index in [4.69, 9.17) is 0 Å². The van der Waals surface area contributed by atoms with Crippen LogP contribution in [0.3, 0.4) is 0 Å². The number of aryl methyl sites for hydroxylation is 1. The van der Waals surface area contributed by atoms with Crippen molar-refractivity contribution in [1.82, 2.24) is 5.32 Å². The van der Waals surface area contributed by atoms with Crippen LogP contribution in [0.15, 0.2) is 42.5 Å². The predicted octanol–water partition coefficient (Wildman–Crippen LogP) is 3.58. The summed E-state index contributed by atoms with van der Waals surface area (Å²) in [6.45, 7) is 1.90. The van der Waals surface area contributed by atoms with Crippen LogP contribution >= 0.6 is 0 Å². The van der Waals surface area contributed by atoms with Crippen LogP contribution in [-0.2, 0) is 0 Å². The average Bonchev–Trinajstić information content (AvgIpc) is 2.35. The maximum Gasteiger partial charge on any atom is 0.128 e. The molecule has 2 aromatic rings. The van der Waals surface area contributed by atoms with E-state index >= 15 is 0 Å². The van der Waals surface area contributed by atoms with E-state index < -0.39 is 0 Å². The normalized spacial score (nSPS) is 12.4. The van der Waals surface area contributed by atoms with Crippen molar-refractivity contribution in [3.63, 3.8) is 0 Å². The second-order valence-corrected chi connectivity index (χ2v) is 4.30. The fourth-order valence-corrected chi connectivity index (χ4v) is 2.07. The van der Waals surface area contributed by atoms with Gasteiger partial charge in [0.05, 0.1) is 6.04 Å². The van der Waals surface area contributed by atoms with Gasteiger partial charge in [0, 0.05) is 5.56 Å². The summed E-state index contributed by atoms with van der Waals surface area (Å²) in [5.74, 6) is -0.606. The van der Waals surface area contributed by atoms with E-state index in [9.17, 15) is 8.78 Å². The van der Waals surface area contributed by atoms with Crippen LogP contribution < -0.4 is 5.32 Å². The van der Waals surface area contributed by atoms with Crippen LogP contribution in [0.1, 0.15) is 22.7 Å². The number of rotatable bonds is 3. The highest BCUT2D eigenvalue weighted by molar-refractivity contribution is 5.35. The third-order valence-corrected chi connectivity index (χ3v) is 2.93. The van der Waals surface area contributed by atoms with Gasteiger partial charge in [-0.05, 0) is 37.7 Å². The number of nitrogens with one attached hydrogen (secondary N) is 1. The molecule has 0 aromatic heterocycles. The molecule has 1 atom stereocenters. The fourth-order valence-electron chi connectivity index (χ4n) is 2.07. The Hall–Kier alpha value is -1.74. The zero-order valence-electron chi connectivity index (χ0n) is 10.4. The van der Waals surface area contributed by atoms with Crippen LogP contribution in [-0.4, -0.2) is 7.05 Å². The van der Waals surface area contributed by atoms with Crippen molar-refractivity contribution in [3.05, 3.63) is 70.8 Å². The minimum atomic E-state index is -0.347. The smallest absolute Gasteiger partial charge is 0.128 e. The number of hydrogen-bond donors (Lipinski definition) is 1. The van der Waals surface area contributed by atoms with Crippen molar-refractivity contribution in [1.29, 1.82) is 0 Å². The molecule has 0 saturated heterocycles. The molecule has 0 bridgehead atoms. The zero-order valence-corrected chi connectivity index (χ0v) is 10.4. The SMILES string of the molecule is CNC(c1cccc(F)c1)c1cc(C)ccc1F. The number of hydrogen-bond acceptors (Lipinski definition) is 1. The van der Waals surface area contributed by atoms with Gasteiger partial charge >= 0.3 is 0 Å². The average molecular weight is 247 g/mol. The monoisotopic (exact) mass is 247 g/mol. The lowest BCUT2D eigenvalue weighted by Gasteiger charge is -2.18. The van der Waals surface area contributed by atoms with Gasteiger partial charge in [-0.25, -0.2) is 8.78 Å². The molecule has 18 heavy (non-hydrogen) atoms. The highest BCUT2D eigenvalue weighted by Crippen LogP contribution is 2.25. The molecule has 1 unspecified atom stereocenters. The van der Waals surface area contributed by atoms with E-state index in [1.807, 2.05) is 6.92 Å². The molecule has 0 fully saturated rings. The van der Waals surface area contributed by atoms with E-state index in [0.29, 0.717) is 11.1 Å². The predicted molar refractivity (Wildman–Crippen MR) is 68.4 cm³/mol. The van der Waals surface area contributed by atoms with E-state index in [-0.39, 0.29) is 17.7 Å². The van der Waals surface area contributed by atoms with Crippen LogP contribution in [0, 0.1) is 18.6 Å². The number of halogens is 2. The topological polar surface area (TPSA) is 12.0 Å². The van der Waals surface area contributed by atoms with Gasteiger partial charge < -0.3 is 5.32 Å². The Bertz CT molecular complexity index is 552. The summed E-state index contributed by atoms with van der Waals surface area (Å²) in [4.78, 5) is 0. The van der Waals surface area contributed by atoms with Gasteiger partial charge in [0.25, 0.3) is 0 Å². The van der Waals surface area contributed by atoms with Gasteiger partial charge in [0.2, 0.25) is 0 Å². The minimum absolute atomic E-state index is 0.288. The molecule has 0 aliphatic heterocycles. The lowest BCUT2D eigenvalue weighted by Crippen LogP contribution is -2.19. The first-order chi connectivity index (χ1) is 8.61. The molecule has 2 rings (SSSR count). The molecule has 0 heterocycles. The van der Waals surface area contributed by atoms with Crippen LogP contribution in [0.2, 0.25) is 0 Å². The Balaban J connectivity index is 2.48. The molecule has 1 nitrogen and oxygen atoms in total. The Labute approximate surface area is 105 Å². The summed E-state index contributed by atoms with van der Waals surface area (Å²) in [7, 11) is 1.73. The van der Waals surface area contributed by atoms with Gasteiger partial charge in [-0.3, -0.25) is 0 Å². The Morgan fingerprint density at radius 2 is 1.83 bits per heavy atom. The van der Waals surface area contributed by atoms with Crippen LogP contribution in [0.4, 0.5) is 8.78 Å². The van der Waals surface area contributed by atoms with Crippen molar-refractivity contribution in [2.75, 3.05) is 7.05 Å². The third kappa shape index (κ3) is 2.57. The summed E-state index contributed by atoms with van der Waals surface area (Å²) < 4.78 is 27.1. The van der Waals surface area contributed by atoms with Gasteiger partial charge in [0.15, 0.2) is 0 Å². The van der Waals surface area contributed by atoms with Crippen molar-refractivity contribution in [2.24, 2.45) is 0 Å². The first kappa shape index (κ1) is 12.7. The molecular formula is C15H15F2N. The van der Waals surface area contributed by atoms with E-state index in [1.54, 1.807) is 31.3 Å². The summed E-state index contributed by atoms with van der Waals surface area (Å²) in [6, 6.07) is 10.8. The second kappa shape index (κ2) is 5.27. The lowest BCUT2D eigenvalue weighted by molar-refractivity contribution is 0.571. The van der Waals surface area contributed by atoms with Crippen molar-refractivity contribution in [2.45, 2.75) is 13.0 Å². The standard InChI is InChI=1S/C15H15F2N/c1-10-6-7-14(17)13(8-10)15(18-2)11-4-3-5-12(16)9-11/h3-9,15,18H,1-2H3. The summed E-state index contributed by atoms with van der Waals surface area (Å²) >= 11 is 0. The van der Waals surface area contributed by atoms with Gasteiger partial charge in [-0.15, -0.1) is 0 Å². The highest BCUT2D eigenvalue weighted by Gasteiger charge is 2.16. The Morgan fingerprint density at radius 3 is 2.50 bits per heavy atom. The summed E-state index contributed by atoms with van der Waals surface area (Å²) in [6.07, 6.45) is 0. The molecule has 0 spiro atoms. The molecule has 1 N–H and O–H groups in total. The first-order valence-corrected chi connectivity index (χ1v) is 5.80. The van der Waals surface area contributed by atoms with Gasteiger partial charge in [0.1, 0.15) is 11.6 Å². The molecule has 0 amide bonds. The summed E-state index contributed by atoms with van der Waals surface area (Å²) in [5, 5.41) is 3.02. The minimum Gasteiger partial charge on any atom is -0.309 e. The molecule has 94 valence electrons. The second-order valence-electron chi connectivity index (χ2n) is 4.30. The van der Waals surface area contributed by atoms with E-state index in [0.717, 1.165) is 5.56 Å². The third-order valence-electron chi connectivity index (χ3n) is 2.93. The quantitative estimate of drug-likeness (QED) is 0.874. The molecular weight excluding hydrogens is 232 g/mol. The maximum absolute atomic E-state index is 13.9. The van der Waals surface area contributed by atoms with Gasteiger partial charge in [-0.2, -0.15) is 0 Å². The molecule has 0 saturated carbocycles. The van der Waals surface area contributed by atoms with E-state index in [1.165, 1.54) is 18.2 Å². The van der Waals surface area contributed by atoms with E-state index in [2.05, 4.69) is 5.32 Å². The molecule has 2 aromatic carbocycles. The molecule has 0 aliphatic rings. The largest absolute Gasteiger partial charge is 0.309 e. The van der Waals surface area contributed by atoms with Crippen molar-refractivity contribution < 1.29 is 8.78 Å². The number of benzene rings is 2. The Morgan fingerprint density at radius 1 is 1.06 bits per heavy atom. The first-order valence-electron chi connectivity index (χ1n) is 5.80. The van der Waals surface area contributed by atoms with Crippen molar-refractivity contribution in [3.8, 4) is 0 Å². The van der Waals surface area contributed by atoms with Crippen LogP contribution in [0.25, 0.3) is 0 Å². The maximum atomic E-state index is 13.9. The van der Waals surface area contributed by atoms with Crippen LogP contribution in [0.5, 0.6) is 0 Å². The van der Waals surface area contributed by atoms with Crippen molar-refractivity contribution >= 4 is 0 Å². The van der Waals surface area contributed by atoms with Gasteiger partial charge in [-0.1, -0.05) is 29.8 Å². The molecule has 0 aliphatic carbocycles. The summed E-state index contributed by atoms with van der Waals surface area (Å²) in [5.41, 5.74) is 2.22. The zero-order chi connectivity index (χ0) is 13.1.